The van der Waals surface area contributed by atoms with Gasteiger partial charge in [0.25, 0.3) is 0 Å². The van der Waals surface area contributed by atoms with E-state index < -0.39 is 0 Å². The monoisotopic (exact) mass is 294 g/mol. The van der Waals surface area contributed by atoms with Gasteiger partial charge in [0.2, 0.25) is 0 Å². The molecule has 1 aromatic rings. The Kier molecular flexibility index (Phi) is 18.1. The molecule has 124 valence electrons. The van der Waals surface area contributed by atoms with Crippen LogP contribution in [0.2, 0.25) is 0 Å². The molecule has 0 aromatic heterocycles. The third-order valence-electron chi connectivity index (χ3n) is 1.37. The van der Waals surface area contributed by atoms with Crippen molar-refractivity contribution in [1.82, 2.24) is 0 Å². The maximum absolute atomic E-state index is 9.44. The van der Waals surface area contributed by atoms with E-state index in [1.54, 1.807) is 0 Å². The maximum Gasteiger partial charge on any atom is 0.126 e. The van der Waals surface area contributed by atoms with Crippen molar-refractivity contribution in [3.05, 3.63) is 34.9 Å². The van der Waals surface area contributed by atoms with E-state index in [1.807, 2.05) is 0 Å². The molecule has 0 spiro atoms. The summed E-state index contributed by atoms with van der Waals surface area (Å²) in [4.78, 5) is 9.44. The Morgan fingerprint density at radius 3 is 0.857 bits per heavy atom. The molecule has 1 nitrogen and oxygen atoms in total. The summed E-state index contributed by atoms with van der Waals surface area (Å²) in [5.41, 5.74) is 4.06. The first-order valence-corrected chi connectivity index (χ1v) is 7.90. The van der Waals surface area contributed by atoms with Gasteiger partial charge in [0, 0.05) is 0 Å². The van der Waals surface area contributed by atoms with E-state index in [9.17, 15) is 4.79 Å². The zero-order chi connectivity index (χ0) is 17.6. The predicted octanol–water partition coefficient (Wildman–Crippen LogP) is 6.53. The average Bonchev–Trinajstić information content (AvgIpc) is 2.10. The van der Waals surface area contributed by atoms with Crippen molar-refractivity contribution in [3.63, 3.8) is 0 Å². The molecule has 0 radical (unpaired) electrons. The van der Waals surface area contributed by atoms with Crippen LogP contribution in [-0.2, 0) is 4.79 Å². The van der Waals surface area contributed by atoms with E-state index >= 15 is 0 Å². The molecule has 1 rings (SSSR count). The molecule has 0 fully saturated rings. The lowest BCUT2D eigenvalue weighted by molar-refractivity contribution is -0.114. The number of ketones is 1. The van der Waals surface area contributed by atoms with E-state index in [4.69, 9.17) is 0 Å². The number of benzene rings is 1. The molecule has 0 N–H and O–H groups in total. The van der Waals surface area contributed by atoms with Gasteiger partial charge in [0.05, 0.1) is 0 Å². The first-order valence-electron chi connectivity index (χ1n) is 7.90. The van der Waals surface area contributed by atoms with Crippen LogP contribution in [0, 0.1) is 32.6 Å². The normalized spacial score (nSPS) is 8.81. The highest BCUT2D eigenvalue weighted by molar-refractivity contribution is 5.72. The highest BCUT2D eigenvalue weighted by Gasteiger charge is 1.87. The molecule has 0 saturated carbocycles. The minimum absolute atomic E-state index is 0.167. The molecule has 0 atom stereocenters. The lowest BCUT2D eigenvalue weighted by Gasteiger charge is -1.96. The molecule has 21 heavy (non-hydrogen) atoms. The fourth-order valence-corrected chi connectivity index (χ4v) is 1.20. The van der Waals surface area contributed by atoms with E-state index in [0.29, 0.717) is 0 Å². The lowest BCUT2D eigenvalue weighted by atomic mass is 10.1. The van der Waals surface area contributed by atoms with Crippen molar-refractivity contribution in [2.24, 2.45) is 11.8 Å². The number of Topliss-reactive ketones (excluding diaryl/α,β-unsaturated/α-hetero) is 1. The van der Waals surface area contributed by atoms with Crippen LogP contribution in [0.4, 0.5) is 0 Å². The quantitative estimate of drug-likeness (QED) is 0.531. The average molecular weight is 295 g/mol. The number of rotatable bonds is 0. The second-order valence-corrected chi connectivity index (χ2v) is 7.04. The number of carbonyl (C=O) groups excluding carboxylic acids is 1. The summed E-state index contributed by atoms with van der Waals surface area (Å²) < 4.78 is 0. The zero-order valence-corrected chi connectivity index (χ0v) is 16.3. The highest BCUT2D eigenvalue weighted by atomic mass is 16.1. The molecule has 1 aromatic carbocycles. The molecule has 0 saturated heterocycles. The van der Waals surface area contributed by atoms with Gasteiger partial charge >= 0.3 is 0 Å². The Balaban J connectivity index is -0.000000230. The SMILES string of the molecule is CC(C)=O.CC(C)C.CC(C)C.Cc1cc(C)cc(C)c1. The second-order valence-electron chi connectivity index (χ2n) is 7.04. The van der Waals surface area contributed by atoms with Crippen LogP contribution < -0.4 is 0 Å². The predicted molar refractivity (Wildman–Crippen MR) is 98.0 cm³/mol. The summed E-state index contributed by atoms with van der Waals surface area (Å²) in [5, 5.41) is 0. The third kappa shape index (κ3) is 45.4. The maximum atomic E-state index is 9.44. The third-order valence-corrected chi connectivity index (χ3v) is 1.37. The number of hydrogen-bond acceptors (Lipinski definition) is 1. The number of aryl methyl sites for hydroxylation is 3. The zero-order valence-electron chi connectivity index (χ0n) is 16.3. The topological polar surface area (TPSA) is 17.1 Å². The van der Waals surface area contributed by atoms with Crippen molar-refractivity contribution >= 4 is 5.78 Å². The van der Waals surface area contributed by atoms with Crippen molar-refractivity contribution in [2.45, 2.75) is 76.2 Å². The molecule has 1 heteroatoms. The van der Waals surface area contributed by atoms with Crippen molar-refractivity contribution in [1.29, 1.82) is 0 Å². The van der Waals surface area contributed by atoms with Crippen LogP contribution in [0.5, 0.6) is 0 Å². The molecule has 0 bridgehead atoms. The van der Waals surface area contributed by atoms with Crippen LogP contribution in [-0.4, -0.2) is 5.78 Å². The molecular weight excluding hydrogens is 256 g/mol. The summed E-state index contributed by atoms with van der Waals surface area (Å²) in [6.07, 6.45) is 0. The van der Waals surface area contributed by atoms with Crippen LogP contribution >= 0.6 is 0 Å². The lowest BCUT2D eigenvalue weighted by Crippen LogP contribution is -1.78. The van der Waals surface area contributed by atoms with E-state index in [-0.39, 0.29) is 5.78 Å². The Morgan fingerprint density at radius 1 is 0.667 bits per heavy atom. The van der Waals surface area contributed by atoms with Gasteiger partial charge in [0.15, 0.2) is 0 Å². The summed E-state index contributed by atoms with van der Waals surface area (Å²) in [6, 6.07) is 6.56. The molecule has 0 heterocycles. The minimum atomic E-state index is 0.167. The van der Waals surface area contributed by atoms with Gasteiger partial charge in [-0.15, -0.1) is 0 Å². The van der Waals surface area contributed by atoms with Crippen LogP contribution in [0.1, 0.15) is 72.1 Å². The van der Waals surface area contributed by atoms with Crippen LogP contribution in [0.15, 0.2) is 18.2 Å². The van der Waals surface area contributed by atoms with Gasteiger partial charge in [0.1, 0.15) is 5.78 Å². The Hall–Kier alpha value is -1.11. The number of carbonyl (C=O) groups is 1. The Labute approximate surface area is 134 Å². The van der Waals surface area contributed by atoms with E-state index in [0.717, 1.165) is 11.8 Å². The molecule has 0 aliphatic rings. The fraction of sp³-hybridized carbons (Fsp3) is 0.650. The van der Waals surface area contributed by atoms with Gasteiger partial charge in [-0.1, -0.05) is 76.4 Å². The molecule has 0 unspecified atom stereocenters. The summed E-state index contributed by atoms with van der Waals surface area (Å²) in [7, 11) is 0. The van der Waals surface area contributed by atoms with Crippen LogP contribution in [0.25, 0.3) is 0 Å². The van der Waals surface area contributed by atoms with Crippen molar-refractivity contribution in [3.8, 4) is 0 Å². The van der Waals surface area contributed by atoms with Gasteiger partial charge in [-0.05, 0) is 46.5 Å². The van der Waals surface area contributed by atoms with Gasteiger partial charge in [-0.3, -0.25) is 0 Å². The molecular formula is C20H38O. The molecule has 0 aliphatic heterocycles. The van der Waals surface area contributed by atoms with Crippen molar-refractivity contribution < 1.29 is 4.79 Å². The van der Waals surface area contributed by atoms with Crippen molar-refractivity contribution in [2.75, 3.05) is 0 Å². The van der Waals surface area contributed by atoms with Crippen LogP contribution in [0.3, 0.4) is 0 Å². The molecule has 0 aliphatic carbocycles. The Bertz CT molecular complexity index is 296. The smallest absolute Gasteiger partial charge is 0.126 e. The van der Waals surface area contributed by atoms with E-state index in [1.165, 1.54) is 30.5 Å². The number of hydrogen-bond donors (Lipinski definition) is 0. The highest BCUT2D eigenvalue weighted by Crippen LogP contribution is 2.06. The Morgan fingerprint density at radius 2 is 0.762 bits per heavy atom. The summed E-state index contributed by atoms with van der Waals surface area (Å²) in [5.74, 6) is 1.83. The largest absolute Gasteiger partial charge is 0.300 e. The second kappa shape index (κ2) is 15.3. The first kappa shape index (κ1) is 24.9. The summed E-state index contributed by atoms with van der Waals surface area (Å²) >= 11 is 0. The summed E-state index contributed by atoms with van der Waals surface area (Å²) in [6.45, 7) is 22.4. The van der Waals surface area contributed by atoms with Gasteiger partial charge < -0.3 is 4.79 Å². The molecule has 0 amide bonds. The first-order chi connectivity index (χ1) is 9.38. The van der Waals surface area contributed by atoms with Gasteiger partial charge in [-0.25, -0.2) is 0 Å². The van der Waals surface area contributed by atoms with Gasteiger partial charge in [-0.2, -0.15) is 0 Å². The minimum Gasteiger partial charge on any atom is -0.300 e. The fourth-order valence-electron chi connectivity index (χ4n) is 1.20. The van der Waals surface area contributed by atoms with E-state index in [2.05, 4.69) is 80.5 Å². The standard InChI is InChI=1S/C9H12.2C4H10.C3H6O/c1-7-4-8(2)6-9(3)5-7;2*1-4(2)3;1-3(2)4/h4-6H,1-3H3;2*4H,1-3H3;1-2H3.